The first-order chi connectivity index (χ1) is 26.7. The first-order valence-electron chi connectivity index (χ1n) is 19.4. The van der Waals surface area contributed by atoms with E-state index in [1.54, 1.807) is 39.8 Å². The third-order valence-corrected chi connectivity index (χ3v) is 11.0. The van der Waals surface area contributed by atoms with Crippen LogP contribution in [0.1, 0.15) is 87.5 Å². The molecule has 18 heteroatoms. The molecule has 5 unspecified atom stereocenters. The third kappa shape index (κ3) is 14.2. The van der Waals surface area contributed by atoms with Crippen LogP contribution in [0, 0.1) is 17.8 Å². The second kappa shape index (κ2) is 23.1. The van der Waals surface area contributed by atoms with E-state index in [4.69, 9.17) is 47.4 Å². The summed E-state index contributed by atoms with van der Waals surface area (Å²) in [6.07, 6.45) is -11.2. The van der Waals surface area contributed by atoms with Crippen molar-refractivity contribution >= 4 is 30.2 Å². The second-order valence-corrected chi connectivity index (χ2v) is 15.5. The molecule has 2 saturated heterocycles. The minimum Gasteiger partial charge on any atom is -0.481 e. The first kappa shape index (κ1) is 50.3. The molecular weight excluding hydrogens is 754 g/mol. The Hall–Kier alpha value is -2.81. The van der Waals surface area contributed by atoms with Gasteiger partial charge in [0, 0.05) is 66.3 Å². The van der Waals surface area contributed by atoms with Crippen LogP contribution in [0.3, 0.4) is 0 Å². The molecule has 0 aromatic heterocycles. The van der Waals surface area contributed by atoms with Crippen molar-refractivity contribution in [1.82, 2.24) is 4.90 Å². The molecule has 330 valence electrons. The smallest absolute Gasteiger partial charge is 0.306 e. The van der Waals surface area contributed by atoms with Gasteiger partial charge in [-0.1, -0.05) is 20.8 Å². The number of aldehydes is 1. The minimum absolute atomic E-state index is 0.0632. The highest BCUT2D eigenvalue weighted by Gasteiger charge is 2.54. The molecule has 2 heterocycles. The van der Waals surface area contributed by atoms with Gasteiger partial charge in [-0.15, -0.1) is 0 Å². The summed E-state index contributed by atoms with van der Waals surface area (Å²) >= 11 is 0. The van der Waals surface area contributed by atoms with Crippen molar-refractivity contribution in [3.63, 3.8) is 0 Å². The van der Waals surface area contributed by atoms with E-state index in [9.17, 15) is 34.2 Å². The lowest BCUT2D eigenvalue weighted by atomic mass is 9.81. The normalized spacial score (nSPS) is 31.1. The maximum absolute atomic E-state index is 12.8. The van der Waals surface area contributed by atoms with Crippen molar-refractivity contribution in [2.45, 2.75) is 167 Å². The number of carboxylic acids is 1. The lowest BCUT2D eigenvalue weighted by Crippen LogP contribution is -2.66. The molecule has 0 radical (unpaired) electrons. The molecule has 2 aliphatic heterocycles. The molecule has 0 aliphatic carbocycles. The molecule has 0 aromatic rings. The van der Waals surface area contributed by atoms with Crippen LogP contribution in [0.5, 0.6) is 0 Å². The Morgan fingerprint density at radius 3 is 2.05 bits per heavy atom. The molecule has 2 N–H and O–H groups in total. The van der Waals surface area contributed by atoms with E-state index < -0.39 is 109 Å². The van der Waals surface area contributed by atoms with Crippen molar-refractivity contribution in [1.29, 1.82) is 0 Å². The van der Waals surface area contributed by atoms with Gasteiger partial charge in [-0.3, -0.25) is 24.0 Å². The van der Waals surface area contributed by atoms with Gasteiger partial charge in [-0.2, -0.15) is 0 Å². The molecule has 2 fully saturated rings. The summed E-state index contributed by atoms with van der Waals surface area (Å²) in [5.41, 5.74) is -0.908. The first-order valence-corrected chi connectivity index (χ1v) is 19.4. The number of carboxylic acid groups (broad SMARTS) is 1. The summed E-state index contributed by atoms with van der Waals surface area (Å²) < 4.78 is 60.2. The average molecular weight is 822 g/mol. The predicted molar refractivity (Wildman–Crippen MR) is 200 cm³/mol. The molecule has 0 amide bonds. The number of likely N-dealkylation sites (N-methyl/N-ethyl adjacent to an activating group) is 1. The highest BCUT2D eigenvalue weighted by molar-refractivity contribution is 5.70. The summed E-state index contributed by atoms with van der Waals surface area (Å²) in [7, 11) is 7.64. The quantitative estimate of drug-likeness (QED) is 0.0654. The predicted octanol–water partition coefficient (Wildman–Crippen LogP) is 2.48. The number of hydrogen-bond acceptors (Lipinski definition) is 17. The number of nitrogens with zero attached hydrogens (tertiary/aromatic N) is 1. The van der Waals surface area contributed by atoms with E-state index in [0.717, 1.165) is 0 Å². The maximum Gasteiger partial charge on any atom is 0.306 e. The molecule has 2 rings (SSSR count). The van der Waals surface area contributed by atoms with Gasteiger partial charge in [-0.25, -0.2) is 0 Å². The number of rotatable bonds is 23. The van der Waals surface area contributed by atoms with Crippen LogP contribution in [-0.2, 0) is 71.3 Å². The third-order valence-electron chi connectivity index (χ3n) is 11.0. The number of aliphatic hydroxyl groups excluding tert-OH is 1. The molecular formula is C39H67NO17. The Kier molecular flexibility index (Phi) is 20.4. The number of aliphatic hydroxyl groups is 1. The van der Waals surface area contributed by atoms with E-state index in [1.807, 2.05) is 20.8 Å². The fourth-order valence-corrected chi connectivity index (χ4v) is 7.74. The second-order valence-electron chi connectivity index (χ2n) is 15.5. The van der Waals surface area contributed by atoms with Crippen molar-refractivity contribution in [3.8, 4) is 0 Å². The largest absolute Gasteiger partial charge is 0.481 e. The summed E-state index contributed by atoms with van der Waals surface area (Å²) in [4.78, 5) is 62.9. The molecule has 0 bridgehead atoms. The molecule has 2 aliphatic rings. The lowest BCUT2D eigenvalue weighted by Gasteiger charge is -2.51. The van der Waals surface area contributed by atoms with Gasteiger partial charge in [0.2, 0.25) is 0 Å². The van der Waals surface area contributed by atoms with Crippen molar-refractivity contribution < 1.29 is 81.6 Å². The Morgan fingerprint density at radius 2 is 1.56 bits per heavy atom. The standard InChI is InChI=1S/C39H67NO17/c1-14-30(47)57-39(8)18-32(51-22(4)21(39)3)55-34-23(5)52-38(37(54-25(7)43)33(34)40(9)10)56-35(36(50-13)27(44)17-29(45)46)26(16-31(48-11)49-12)15-20(2)28(19-41)53-24(6)42/h19-23,26-28,31-38,44H,14-18H2,1-13H3,(H,45,46)/t20-,21+,22?,23?,26-,27-,28+,32+,33?,34-,35+,36+,37?,38+,39?/m1/s1. The molecule has 15 atom stereocenters. The van der Waals surface area contributed by atoms with Gasteiger partial charge in [-0.05, 0) is 47.2 Å². The van der Waals surface area contributed by atoms with Gasteiger partial charge in [0.25, 0.3) is 0 Å². The lowest BCUT2D eigenvalue weighted by molar-refractivity contribution is -0.342. The average Bonchev–Trinajstić information content (AvgIpc) is 3.11. The van der Waals surface area contributed by atoms with E-state index in [1.165, 1.54) is 35.2 Å². The monoisotopic (exact) mass is 821 g/mol. The fraction of sp³-hybridized carbons (Fsp3) is 0.872. The zero-order valence-electron chi connectivity index (χ0n) is 35.7. The highest BCUT2D eigenvalue weighted by Crippen LogP contribution is 2.41. The summed E-state index contributed by atoms with van der Waals surface area (Å²) in [6.45, 7) is 13.2. The number of hydrogen-bond donors (Lipinski definition) is 2. The highest BCUT2D eigenvalue weighted by atomic mass is 16.7. The Labute approximate surface area is 336 Å². The van der Waals surface area contributed by atoms with E-state index in [-0.39, 0.29) is 43.7 Å². The fourth-order valence-electron chi connectivity index (χ4n) is 7.74. The van der Waals surface area contributed by atoms with Crippen molar-refractivity contribution in [2.24, 2.45) is 17.8 Å². The summed E-state index contributed by atoms with van der Waals surface area (Å²) in [5, 5.41) is 21.0. The summed E-state index contributed by atoms with van der Waals surface area (Å²) in [6, 6.07) is -0.748. The van der Waals surface area contributed by atoms with E-state index in [2.05, 4.69) is 0 Å². The SMILES string of the molecule is CCC(=O)OC1(C)C[C@H](O[C@@H]2C(C)O[C@@H](O[C@@H]([C@@H](CC(OC)OC)C[C@@H](C)[C@H](C=O)OC(C)=O)[C@@H](OC)[C@H](O)CC(=O)O)C(OC(C)=O)C2N(C)C)OC(C)[C@@H]1C. The number of esters is 3. The van der Waals surface area contributed by atoms with Gasteiger partial charge in [0.1, 0.15) is 17.8 Å². The number of aliphatic carboxylic acids is 1. The minimum atomic E-state index is -1.62. The van der Waals surface area contributed by atoms with Crippen LogP contribution >= 0.6 is 0 Å². The van der Waals surface area contributed by atoms with Gasteiger partial charge < -0.3 is 62.5 Å². The number of carbonyl (C=O) groups excluding carboxylic acids is 4. The van der Waals surface area contributed by atoms with Crippen LogP contribution in [0.15, 0.2) is 0 Å². The molecule has 57 heavy (non-hydrogen) atoms. The van der Waals surface area contributed by atoms with Crippen molar-refractivity contribution in [2.75, 3.05) is 35.4 Å². The molecule has 0 aromatic carbocycles. The Morgan fingerprint density at radius 1 is 0.930 bits per heavy atom. The van der Waals surface area contributed by atoms with Crippen LogP contribution in [-0.4, -0.2) is 160 Å². The zero-order valence-corrected chi connectivity index (χ0v) is 35.7. The van der Waals surface area contributed by atoms with Crippen LogP contribution in [0.25, 0.3) is 0 Å². The topological polar surface area (TPSA) is 221 Å². The van der Waals surface area contributed by atoms with E-state index >= 15 is 0 Å². The van der Waals surface area contributed by atoms with Crippen LogP contribution in [0.4, 0.5) is 0 Å². The Bertz CT molecular complexity index is 1300. The number of methoxy groups -OCH3 is 3. The molecule has 0 spiro atoms. The summed E-state index contributed by atoms with van der Waals surface area (Å²) in [5.74, 6) is -4.55. The van der Waals surface area contributed by atoms with Gasteiger partial charge in [0.05, 0.1) is 36.9 Å². The van der Waals surface area contributed by atoms with Gasteiger partial charge >= 0.3 is 23.9 Å². The maximum atomic E-state index is 12.8. The zero-order chi connectivity index (χ0) is 43.4. The molecule has 18 nitrogen and oxygen atoms in total. The van der Waals surface area contributed by atoms with E-state index in [0.29, 0.717) is 6.29 Å². The number of carbonyl (C=O) groups is 5. The van der Waals surface area contributed by atoms with Gasteiger partial charge in [0.15, 0.2) is 37.4 Å². The van der Waals surface area contributed by atoms with Crippen LogP contribution < -0.4 is 0 Å². The number of ether oxygens (including phenoxy) is 10. The molecule has 0 saturated carbocycles. The van der Waals surface area contributed by atoms with Crippen LogP contribution in [0.2, 0.25) is 0 Å². The van der Waals surface area contributed by atoms with Crippen molar-refractivity contribution in [3.05, 3.63) is 0 Å². The Balaban J connectivity index is 2.68.